The number of para-hydroxylation sites is 1. The maximum Gasteiger partial charge on any atom is 0.340 e. The van der Waals surface area contributed by atoms with Crippen LogP contribution in [-0.2, 0) is 19.6 Å². The fourth-order valence-corrected chi connectivity index (χ4v) is 3.43. The molecular formula is C19H18ClN3O5S. The Kier molecular flexibility index (Phi) is 7.59. The average molecular weight is 436 g/mol. The summed E-state index contributed by atoms with van der Waals surface area (Å²) < 4.78 is 32.4. The summed E-state index contributed by atoms with van der Waals surface area (Å²) in [6, 6.07) is 13.3. The Morgan fingerprint density at radius 2 is 1.83 bits per heavy atom. The average Bonchev–Trinajstić information content (AvgIpc) is 2.70. The summed E-state index contributed by atoms with van der Waals surface area (Å²) in [5, 5.41) is 8.93. The molecule has 0 fully saturated rings. The Morgan fingerprint density at radius 3 is 2.48 bits per heavy atom. The number of sulfonamides is 1. The molecule has 0 unspecified atom stereocenters. The molecule has 0 aliphatic rings. The quantitative estimate of drug-likeness (QED) is 0.637. The van der Waals surface area contributed by atoms with Crippen molar-refractivity contribution in [3.8, 4) is 6.07 Å². The van der Waals surface area contributed by atoms with Crippen LogP contribution in [0.25, 0.3) is 0 Å². The predicted octanol–water partition coefficient (Wildman–Crippen LogP) is 2.67. The molecule has 29 heavy (non-hydrogen) atoms. The van der Waals surface area contributed by atoms with Gasteiger partial charge in [-0.05, 0) is 36.4 Å². The van der Waals surface area contributed by atoms with Gasteiger partial charge in [-0.3, -0.25) is 9.52 Å². The number of likely N-dealkylation sites (N-methyl/N-ethyl adjacent to an activating group) is 1. The Balaban J connectivity index is 2.12. The summed E-state index contributed by atoms with van der Waals surface area (Å²) in [7, 11) is -2.48. The minimum atomic E-state index is -3.96. The van der Waals surface area contributed by atoms with Gasteiger partial charge in [0.05, 0.1) is 28.6 Å². The largest absolute Gasteiger partial charge is 0.452 e. The van der Waals surface area contributed by atoms with Crippen molar-refractivity contribution in [2.75, 3.05) is 24.9 Å². The molecule has 0 spiro atoms. The number of esters is 1. The van der Waals surface area contributed by atoms with Gasteiger partial charge in [-0.2, -0.15) is 5.26 Å². The SMILES string of the molecule is CN(CCC#N)C(=O)COC(=O)c1ccccc1NS(=O)(=O)c1ccc(Cl)cc1. The summed E-state index contributed by atoms with van der Waals surface area (Å²) in [6.45, 7) is -0.316. The number of carbonyl (C=O) groups excluding carboxylic acids is 2. The maximum atomic E-state index is 12.6. The third-order valence-corrected chi connectivity index (χ3v) is 5.46. The van der Waals surface area contributed by atoms with Gasteiger partial charge in [0, 0.05) is 18.6 Å². The first-order valence-corrected chi connectivity index (χ1v) is 10.3. The molecule has 0 aromatic heterocycles. The lowest BCUT2D eigenvalue weighted by molar-refractivity contribution is -0.133. The second-order valence-corrected chi connectivity index (χ2v) is 8.02. The van der Waals surface area contributed by atoms with E-state index in [1.807, 2.05) is 6.07 Å². The third kappa shape index (κ3) is 6.20. The Hall–Kier alpha value is -3.09. The van der Waals surface area contributed by atoms with Crippen molar-refractivity contribution in [1.82, 2.24) is 4.90 Å². The van der Waals surface area contributed by atoms with E-state index in [9.17, 15) is 18.0 Å². The van der Waals surface area contributed by atoms with E-state index in [-0.39, 0.29) is 29.1 Å². The Labute approximate surface area is 173 Å². The first-order chi connectivity index (χ1) is 13.7. The Morgan fingerprint density at radius 1 is 1.17 bits per heavy atom. The van der Waals surface area contributed by atoms with E-state index in [2.05, 4.69) is 4.72 Å². The van der Waals surface area contributed by atoms with Crippen LogP contribution in [0, 0.1) is 11.3 Å². The molecule has 1 N–H and O–H groups in total. The van der Waals surface area contributed by atoms with E-state index in [1.54, 1.807) is 6.07 Å². The molecule has 2 aromatic rings. The Bertz CT molecular complexity index is 1030. The number of amides is 1. The molecule has 0 atom stereocenters. The van der Waals surface area contributed by atoms with Crippen LogP contribution in [0.5, 0.6) is 0 Å². The highest BCUT2D eigenvalue weighted by Gasteiger charge is 2.20. The number of nitrogens with zero attached hydrogens (tertiary/aromatic N) is 2. The van der Waals surface area contributed by atoms with Crippen LogP contribution in [0.4, 0.5) is 5.69 Å². The highest BCUT2D eigenvalue weighted by atomic mass is 35.5. The highest BCUT2D eigenvalue weighted by Crippen LogP contribution is 2.22. The maximum absolute atomic E-state index is 12.6. The molecule has 0 aliphatic heterocycles. The van der Waals surface area contributed by atoms with E-state index >= 15 is 0 Å². The highest BCUT2D eigenvalue weighted by molar-refractivity contribution is 7.92. The van der Waals surface area contributed by atoms with Gasteiger partial charge in [0.15, 0.2) is 6.61 Å². The minimum absolute atomic E-state index is 0.0118. The molecule has 8 nitrogen and oxygen atoms in total. The van der Waals surface area contributed by atoms with E-state index < -0.39 is 28.5 Å². The molecule has 0 radical (unpaired) electrons. The third-order valence-electron chi connectivity index (χ3n) is 3.83. The summed E-state index contributed by atoms with van der Waals surface area (Å²) >= 11 is 5.78. The summed E-state index contributed by atoms with van der Waals surface area (Å²) in [5.74, 6) is -1.34. The van der Waals surface area contributed by atoms with Gasteiger partial charge in [-0.15, -0.1) is 0 Å². The monoisotopic (exact) mass is 435 g/mol. The number of hydrogen-bond acceptors (Lipinski definition) is 6. The van der Waals surface area contributed by atoms with E-state index in [1.165, 1.54) is 54.4 Å². The van der Waals surface area contributed by atoms with Crippen LogP contribution in [0.1, 0.15) is 16.8 Å². The van der Waals surface area contributed by atoms with Crippen LogP contribution < -0.4 is 4.72 Å². The number of rotatable bonds is 8. The topological polar surface area (TPSA) is 117 Å². The number of nitriles is 1. The van der Waals surface area contributed by atoms with Crippen LogP contribution >= 0.6 is 11.6 Å². The molecule has 2 aromatic carbocycles. The normalized spacial score (nSPS) is 10.7. The fraction of sp³-hybridized carbons (Fsp3) is 0.211. The van der Waals surface area contributed by atoms with Crippen LogP contribution in [-0.4, -0.2) is 45.4 Å². The van der Waals surface area contributed by atoms with Crippen molar-refractivity contribution < 1.29 is 22.7 Å². The van der Waals surface area contributed by atoms with Gasteiger partial charge in [0.25, 0.3) is 15.9 Å². The smallest absolute Gasteiger partial charge is 0.340 e. The molecule has 0 bridgehead atoms. The fourth-order valence-electron chi connectivity index (χ4n) is 2.23. The van der Waals surface area contributed by atoms with Crippen molar-refractivity contribution in [3.63, 3.8) is 0 Å². The lowest BCUT2D eigenvalue weighted by atomic mass is 10.2. The lowest BCUT2D eigenvalue weighted by Gasteiger charge is -2.16. The first kappa shape index (κ1) is 22.2. The number of hydrogen-bond donors (Lipinski definition) is 1. The summed E-state index contributed by atoms with van der Waals surface area (Å²) in [6.07, 6.45) is 0.158. The van der Waals surface area contributed by atoms with Gasteiger partial charge in [0.1, 0.15) is 0 Å². The molecule has 2 rings (SSSR count). The number of ether oxygens (including phenoxy) is 1. The van der Waals surface area contributed by atoms with Crippen LogP contribution in [0.3, 0.4) is 0 Å². The number of nitrogens with one attached hydrogen (secondary N) is 1. The molecule has 1 amide bonds. The molecular weight excluding hydrogens is 418 g/mol. The molecule has 0 heterocycles. The van der Waals surface area contributed by atoms with Gasteiger partial charge in [-0.25, -0.2) is 13.2 Å². The van der Waals surface area contributed by atoms with Crippen molar-refractivity contribution in [3.05, 3.63) is 59.1 Å². The van der Waals surface area contributed by atoms with E-state index in [0.29, 0.717) is 5.02 Å². The summed E-state index contributed by atoms with van der Waals surface area (Å²) in [5.41, 5.74) is -0.0322. The van der Waals surface area contributed by atoms with Gasteiger partial charge >= 0.3 is 5.97 Å². The zero-order valence-corrected chi connectivity index (χ0v) is 17.0. The van der Waals surface area contributed by atoms with Gasteiger partial charge in [0.2, 0.25) is 0 Å². The van der Waals surface area contributed by atoms with Gasteiger partial charge in [-0.1, -0.05) is 23.7 Å². The standard InChI is InChI=1S/C19H18ClN3O5S/c1-23(12-4-11-21)18(24)13-28-19(25)16-5-2-3-6-17(16)22-29(26,27)15-9-7-14(20)8-10-15/h2-3,5-10,22H,4,12-13H2,1H3. The zero-order chi connectivity index (χ0) is 21.4. The van der Waals surface area contributed by atoms with E-state index in [4.69, 9.17) is 21.6 Å². The molecule has 0 aliphatic carbocycles. The number of carbonyl (C=O) groups is 2. The summed E-state index contributed by atoms with van der Waals surface area (Å²) in [4.78, 5) is 25.5. The predicted molar refractivity (Wildman–Crippen MR) is 107 cm³/mol. The van der Waals surface area contributed by atoms with Gasteiger partial charge < -0.3 is 9.64 Å². The molecule has 10 heteroatoms. The lowest BCUT2D eigenvalue weighted by Crippen LogP contribution is -2.32. The number of anilines is 1. The number of halogens is 1. The second-order valence-electron chi connectivity index (χ2n) is 5.90. The van der Waals surface area contributed by atoms with Crippen LogP contribution in [0.2, 0.25) is 5.02 Å². The van der Waals surface area contributed by atoms with E-state index in [0.717, 1.165) is 0 Å². The van der Waals surface area contributed by atoms with Crippen molar-refractivity contribution in [2.45, 2.75) is 11.3 Å². The molecule has 0 saturated carbocycles. The van der Waals surface area contributed by atoms with Crippen LogP contribution in [0.15, 0.2) is 53.4 Å². The number of benzene rings is 2. The first-order valence-electron chi connectivity index (χ1n) is 8.40. The van der Waals surface area contributed by atoms with Crippen molar-refractivity contribution in [2.24, 2.45) is 0 Å². The minimum Gasteiger partial charge on any atom is -0.452 e. The second kappa shape index (κ2) is 9.91. The zero-order valence-electron chi connectivity index (χ0n) is 15.5. The molecule has 152 valence electrons. The van der Waals surface area contributed by atoms with Crippen molar-refractivity contribution >= 4 is 39.2 Å². The van der Waals surface area contributed by atoms with Crippen molar-refractivity contribution in [1.29, 1.82) is 5.26 Å². The molecule has 0 saturated heterocycles.